The summed E-state index contributed by atoms with van der Waals surface area (Å²) in [6, 6.07) is 16.6. The topological polar surface area (TPSA) is 82.7 Å². The Morgan fingerprint density at radius 1 is 1.05 bits per heavy atom. The number of nitrogens with zero attached hydrogens (tertiary/aromatic N) is 4. The van der Waals surface area contributed by atoms with Gasteiger partial charge in [0.15, 0.2) is 5.82 Å². The summed E-state index contributed by atoms with van der Waals surface area (Å²) in [7, 11) is 0. The minimum absolute atomic E-state index is 0.121. The quantitative estimate of drug-likeness (QED) is 0.396. The molecule has 3 aromatic rings. The van der Waals surface area contributed by atoms with Crippen LogP contribution in [0.5, 0.6) is 0 Å². The molecular weight excluding hydrogens is 495 g/mol. The molecule has 1 aromatic heterocycles. The van der Waals surface area contributed by atoms with Crippen molar-refractivity contribution in [2.45, 2.75) is 56.4 Å². The lowest BCUT2D eigenvalue weighted by atomic mass is 9.87. The predicted molar refractivity (Wildman–Crippen MR) is 145 cm³/mol. The summed E-state index contributed by atoms with van der Waals surface area (Å²) in [5.41, 5.74) is 2.14. The minimum Gasteiger partial charge on any atom is -0.480 e. The minimum atomic E-state index is -0.729. The van der Waals surface area contributed by atoms with E-state index in [1.165, 1.54) is 11.6 Å². The largest absolute Gasteiger partial charge is 0.480 e. The molecule has 0 unspecified atom stereocenters. The molecule has 1 aliphatic carbocycles. The Bertz CT molecular complexity index is 1260. The molecule has 3 fully saturated rings. The lowest BCUT2D eigenvalue weighted by molar-refractivity contribution is -0.143. The lowest BCUT2D eigenvalue weighted by Crippen LogP contribution is -2.41. The van der Waals surface area contributed by atoms with E-state index in [9.17, 15) is 14.3 Å². The highest BCUT2D eigenvalue weighted by Gasteiger charge is 2.42. The first-order chi connectivity index (χ1) is 19.0. The summed E-state index contributed by atoms with van der Waals surface area (Å²) in [5.74, 6) is 1.66. The van der Waals surface area contributed by atoms with Gasteiger partial charge in [0.1, 0.15) is 11.9 Å². The van der Waals surface area contributed by atoms with E-state index in [4.69, 9.17) is 9.51 Å². The van der Waals surface area contributed by atoms with E-state index >= 15 is 0 Å². The molecule has 0 bridgehead atoms. The van der Waals surface area contributed by atoms with Gasteiger partial charge in [0.2, 0.25) is 5.89 Å². The number of hydrogen-bond donors (Lipinski definition) is 1. The second-order valence-electron chi connectivity index (χ2n) is 11.7. The fourth-order valence-corrected chi connectivity index (χ4v) is 6.51. The van der Waals surface area contributed by atoms with Gasteiger partial charge in [-0.25, -0.2) is 4.39 Å². The van der Waals surface area contributed by atoms with Crippen LogP contribution in [-0.4, -0.2) is 69.8 Å². The van der Waals surface area contributed by atoms with Crippen molar-refractivity contribution in [2.75, 3.05) is 32.7 Å². The Morgan fingerprint density at radius 2 is 1.85 bits per heavy atom. The van der Waals surface area contributed by atoms with E-state index in [-0.39, 0.29) is 23.6 Å². The third-order valence-corrected chi connectivity index (χ3v) is 8.84. The highest BCUT2D eigenvalue weighted by atomic mass is 19.1. The fraction of sp³-hybridized carbons (Fsp3) is 0.516. The third kappa shape index (κ3) is 6.39. The number of carboxylic acid groups (broad SMARTS) is 1. The number of benzene rings is 2. The highest BCUT2D eigenvalue weighted by Crippen LogP contribution is 2.40. The van der Waals surface area contributed by atoms with Crippen molar-refractivity contribution in [1.82, 2.24) is 19.9 Å². The van der Waals surface area contributed by atoms with E-state index in [2.05, 4.69) is 27.1 Å². The molecule has 1 N–H and O–H groups in total. The molecule has 6 rings (SSSR count). The second-order valence-corrected chi connectivity index (χ2v) is 11.7. The number of likely N-dealkylation sites (tertiary alicyclic amines) is 2. The van der Waals surface area contributed by atoms with Crippen LogP contribution in [0.15, 0.2) is 59.1 Å². The van der Waals surface area contributed by atoms with E-state index < -0.39 is 12.0 Å². The monoisotopic (exact) mass is 532 g/mol. The Morgan fingerprint density at radius 3 is 2.56 bits per heavy atom. The van der Waals surface area contributed by atoms with Gasteiger partial charge in [0, 0.05) is 37.9 Å². The summed E-state index contributed by atoms with van der Waals surface area (Å²) >= 11 is 0. The molecule has 39 heavy (non-hydrogen) atoms. The van der Waals surface area contributed by atoms with Gasteiger partial charge in [0.25, 0.3) is 0 Å². The van der Waals surface area contributed by atoms with Crippen molar-refractivity contribution in [3.05, 3.63) is 83.3 Å². The van der Waals surface area contributed by atoms with Crippen molar-refractivity contribution < 1.29 is 18.8 Å². The van der Waals surface area contributed by atoms with E-state index in [1.54, 1.807) is 12.1 Å². The maximum Gasteiger partial charge on any atom is 0.320 e. The molecule has 3 heterocycles. The number of aliphatic carboxylic acids is 1. The summed E-state index contributed by atoms with van der Waals surface area (Å²) in [5, 5.41) is 14.2. The van der Waals surface area contributed by atoms with Crippen LogP contribution in [0.3, 0.4) is 0 Å². The predicted octanol–water partition coefficient (Wildman–Crippen LogP) is 4.95. The average Bonchev–Trinajstić information content (AvgIpc) is 3.49. The van der Waals surface area contributed by atoms with Gasteiger partial charge in [-0.05, 0) is 67.4 Å². The van der Waals surface area contributed by atoms with Crippen LogP contribution < -0.4 is 0 Å². The number of aromatic nitrogens is 2. The number of halogens is 1. The maximum atomic E-state index is 14.2. The van der Waals surface area contributed by atoms with Crippen LogP contribution in [-0.2, 0) is 11.2 Å². The van der Waals surface area contributed by atoms with Crippen LogP contribution in [0.2, 0.25) is 0 Å². The molecule has 0 radical (unpaired) electrons. The summed E-state index contributed by atoms with van der Waals surface area (Å²) in [6.07, 6.45) is 5.57. The normalized spacial score (nSPS) is 23.7. The van der Waals surface area contributed by atoms with Crippen molar-refractivity contribution in [1.29, 1.82) is 0 Å². The zero-order valence-corrected chi connectivity index (χ0v) is 22.3. The Labute approximate surface area is 229 Å². The van der Waals surface area contributed by atoms with E-state index in [0.29, 0.717) is 18.9 Å². The van der Waals surface area contributed by atoms with Gasteiger partial charge in [-0.3, -0.25) is 9.69 Å². The Hall–Kier alpha value is -3.10. The maximum absolute atomic E-state index is 14.2. The average molecular weight is 533 g/mol. The Balaban J connectivity index is 1.09. The Kier molecular flexibility index (Phi) is 7.75. The van der Waals surface area contributed by atoms with Crippen LogP contribution >= 0.6 is 0 Å². The number of hydrogen-bond acceptors (Lipinski definition) is 6. The van der Waals surface area contributed by atoms with Crippen LogP contribution in [0.25, 0.3) is 0 Å². The van der Waals surface area contributed by atoms with Crippen LogP contribution in [0.4, 0.5) is 4.39 Å². The number of carbonyl (C=O) groups is 1. The zero-order valence-electron chi connectivity index (χ0n) is 22.3. The lowest BCUT2D eigenvalue weighted by Gasteiger charge is -2.33. The summed E-state index contributed by atoms with van der Waals surface area (Å²) in [4.78, 5) is 21.5. The number of carboxylic acids is 1. The summed E-state index contributed by atoms with van der Waals surface area (Å²) < 4.78 is 19.8. The van der Waals surface area contributed by atoms with Crippen molar-refractivity contribution in [3.8, 4) is 0 Å². The molecule has 1 saturated carbocycles. The molecule has 2 saturated heterocycles. The molecule has 3 atom stereocenters. The zero-order chi connectivity index (χ0) is 26.8. The molecule has 206 valence electrons. The standard InChI is InChI=1S/C31H37FN4O3/c32-26-8-4-7-24(17-26)27-20-36(28(31(37)38)15-22-9-10-22)19-25(27)18-35-13-11-23(12-14-35)30-33-29(34-39-30)16-21-5-2-1-3-6-21/h1-8,17,22-23,25,27-28H,9-16,18-20H2,(H,37,38)/t25-,27+,28+/m0/s1. The molecule has 0 amide bonds. The highest BCUT2D eigenvalue weighted by molar-refractivity contribution is 5.73. The molecular formula is C31H37FN4O3. The molecule has 0 spiro atoms. The van der Waals surface area contributed by atoms with Gasteiger partial charge in [-0.2, -0.15) is 4.98 Å². The fourth-order valence-electron chi connectivity index (χ4n) is 6.51. The van der Waals surface area contributed by atoms with Crippen molar-refractivity contribution in [2.24, 2.45) is 11.8 Å². The number of rotatable bonds is 10. The molecule has 2 aliphatic heterocycles. The smallest absolute Gasteiger partial charge is 0.320 e. The van der Waals surface area contributed by atoms with Gasteiger partial charge in [-0.15, -0.1) is 0 Å². The van der Waals surface area contributed by atoms with Gasteiger partial charge >= 0.3 is 5.97 Å². The first kappa shape index (κ1) is 26.1. The van der Waals surface area contributed by atoms with Gasteiger partial charge in [0.05, 0.1) is 0 Å². The molecule has 8 heteroatoms. The molecule has 3 aliphatic rings. The summed E-state index contributed by atoms with van der Waals surface area (Å²) in [6.45, 7) is 4.14. The SMILES string of the molecule is O=C(O)[C@@H](CC1CC1)N1C[C@H](CN2CCC(c3nc(Cc4ccccc4)no3)CC2)[C@@H](c2cccc(F)c2)C1. The van der Waals surface area contributed by atoms with Gasteiger partial charge in [-0.1, -0.05) is 60.5 Å². The molecule has 2 aromatic carbocycles. The van der Waals surface area contributed by atoms with E-state index in [0.717, 1.165) is 75.6 Å². The van der Waals surface area contributed by atoms with Crippen LogP contribution in [0.1, 0.15) is 66.8 Å². The third-order valence-electron chi connectivity index (χ3n) is 8.84. The number of piperidine rings is 1. The second kappa shape index (κ2) is 11.6. The first-order valence-electron chi connectivity index (χ1n) is 14.3. The first-order valence-corrected chi connectivity index (χ1v) is 14.3. The van der Waals surface area contributed by atoms with Crippen LogP contribution in [0, 0.1) is 17.7 Å². The molecule has 7 nitrogen and oxygen atoms in total. The van der Waals surface area contributed by atoms with E-state index in [1.807, 2.05) is 24.3 Å². The van der Waals surface area contributed by atoms with Gasteiger partial charge < -0.3 is 14.5 Å². The van der Waals surface area contributed by atoms with Crippen molar-refractivity contribution >= 4 is 5.97 Å². The van der Waals surface area contributed by atoms with Crippen molar-refractivity contribution in [3.63, 3.8) is 0 Å².